The van der Waals surface area contributed by atoms with Gasteiger partial charge >= 0.3 is 0 Å². The molecule has 10 heteroatoms. The Morgan fingerprint density at radius 2 is 0.627 bits per heavy atom. The molecule has 10 aromatic heterocycles. The van der Waals surface area contributed by atoms with Crippen molar-refractivity contribution in [3.8, 4) is 45.5 Å². The number of benzene rings is 15. The van der Waals surface area contributed by atoms with Crippen LogP contribution in [0.5, 0.6) is 0 Å². The molecule has 8 nitrogen and oxygen atoms in total. The molecule has 0 fully saturated rings. The van der Waals surface area contributed by atoms with Crippen LogP contribution in [0.2, 0.25) is 0 Å². The van der Waals surface area contributed by atoms with Gasteiger partial charge in [-0.25, -0.2) is 19.9 Å². The number of aromatic nitrogens is 8. The van der Waals surface area contributed by atoms with E-state index < -0.39 is 0 Å². The number of nitrogens with zero attached hydrogens (tertiary/aromatic N) is 8. The molecule has 0 unspecified atom stereocenters. The summed E-state index contributed by atoms with van der Waals surface area (Å²) in [7, 11) is 0. The first-order valence-corrected chi connectivity index (χ1v) is 36.3. The normalized spacial score (nSPS) is 12.7. The molecule has 0 N–H and O–H groups in total. The largest absolute Gasteiger partial charge is 0.308 e. The van der Waals surface area contributed by atoms with Gasteiger partial charge in [-0.1, -0.05) is 206 Å². The maximum Gasteiger partial charge on any atom is 0.235 e. The van der Waals surface area contributed by atoms with E-state index in [1.807, 2.05) is 0 Å². The first-order valence-electron chi connectivity index (χ1n) is 34.7. The fraction of sp³-hybridized carbons (Fsp3) is 0. The average molecular weight is 1330 g/mol. The van der Waals surface area contributed by atoms with Gasteiger partial charge in [0.05, 0.1) is 87.0 Å². The molecular formula is C92H48N8S2. The second kappa shape index (κ2) is 19.4. The van der Waals surface area contributed by atoms with Crippen LogP contribution in [0.4, 0.5) is 0 Å². The molecule has 25 rings (SSSR count). The van der Waals surface area contributed by atoms with Crippen LogP contribution in [0.15, 0.2) is 291 Å². The lowest BCUT2D eigenvalue weighted by molar-refractivity contribution is 1.02. The number of thiophene rings is 2. The van der Waals surface area contributed by atoms with Gasteiger partial charge in [-0.2, -0.15) is 0 Å². The first kappa shape index (κ1) is 53.9. The summed E-state index contributed by atoms with van der Waals surface area (Å²) in [5, 5.41) is 23.9. The molecule has 0 saturated heterocycles. The van der Waals surface area contributed by atoms with E-state index in [4.69, 9.17) is 19.9 Å². The summed E-state index contributed by atoms with van der Waals surface area (Å²) in [6.45, 7) is 0. The van der Waals surface area contributed by atoms with Gasteiger partial charge in [0.2, 0.25) is 11.9 Å². The van der Waals surface area contributed by atoms with Crippen molar-refractivity contribution in [2.75, 3.05) is 0 Å². The van der Waals surface area contributed by atoms with Crippen LogP contribution in [0, 0.1) is 0 Å². The van der Waals surface area contributed by atoms with Crippen LogP contribution in [0.1, 0.15) is 0 Å². The Hall–Kier alpha value is -13.1. The van der Waals surface area contributed by atoms with E-state index in [0.717, 1.165) is 97.8 Å². The molecule has 15 aromatic carbocycles. The van der Waals surface area contributed by atoms with Crippen molar-refractivity contribution in [2.45, 2.75) is 0 Å². The highest BCUT2D eigenvalue weighted by Crippen LogP contribution is 2.52. The molecule has 0 aliphatic rings. The minimum atomic E-state index is 0.644. The smallest absolute Gasteiger partial charge is 0.235 e. The second-order valence-electron chi connectivity index (χ2n) is 27.6. The summed E-state index contributed by atoms with van der Waals surface area (Å²) in [5.74, 6) is 1.29. The van der Waals surface area contributed by atoms with Gasteiger partial charge in [0.15, 0.2) is 0 Å². The number of fused-ring (bicyclic) bond motifs is 29. The van der Waals surface area contributed by atoms with Crippen molar-refractivity contribution in [3.05, 3.63) is 291 Å². The molecule has 0 amide bonds. The SMILES string of the molecule is c1ccc2cc(-c3nc(-n4c5ccccc5c5c6c7cc(-c8ccc(-c9nc(-n%10c%11ccccc%11c%11c%12c%13ccccc%13n%13c%14cc%15ccccc%15cc%14c(cc%11%10)c%12%13)nc%10c9sc9ccccc9%10)cc8)ccc7n7c8cc9ccccc9cc8c(cc54)c67)nc4c3sc3ccccc34)ccc2c1. The highest BCUT2D eigenvalue weighted by Gasteiger charge is 2.30. The van der Waals surface area contributed by atoms with E-state index in [9.17, 15) is 0 Å². The van der Waals surface area contributed by atoms with Crippen LogP contribution in [-0.4, -0.2) is 37.9 Å². The van der Waals surface area contributed by atoms with Crippen molar-refractivity contribution in [3.63, 3.8) is 0 Å². The number of rotatable bonds is 5. The zero-order valence-corrected chi connectivity index (χ0v) is 55.7. The number of para-hydroxylation sites is 3. The molecule has 102 heavy (non-hydrogen) atoms. The highest BCUT2D eigenvalue weighted by atomic mass is 32.1. The van der Waals surface area contributed by atoms with Crippen molar-refractivity contribution in [2.24, 2.45) is 0 Å². The fourth-order valence-corrected chi connectivity index (χ4v) is 20.3. The van der Waals surface area contributed by atoms with Gasteiger partial charge in [0, 0.05) is 95.9 Å². The van der Waals surface area contributed by atoms with Gasteiger partial charge in [-0.05, 0) is 128 Å². The predicted octanol–water partition coefficient (Wildman–Crippen LogP) is 25.0. The van der Waals surface area contributed by atoms with Gasteiger partial charge in [0.25, 0.3) is 0 Å². The molecule has 0 atom stereocenters. The Morgan fingerprint density at radius 1 is 0.225 bits per heavy atom. The molecule has 0 spiro atoms. The van der Waals surface area contributed by atoms with E-state index in [1.165, 1.54) is 129 Å². The van der Waals surface area contributed by atoms with Crippen molar-refractivity contribution >= 4 is 215 Å². The third-order valence-electron chi connectivity index (χ3n) is 22.4. The lowest BCUT2D eigenvalue weighted by atomic mass is 9.98. The highest BCUT2D eigenvalue weighted by molar-refractivity contribution is 7.26. The Kier molecular flexibility index (Phi) is 10.2. The third kappa shape index (κ3) is 6.98. The maximum atomic E-state index is 5.80. The summed E-state index contributed by atoms with van der Waals surface area (Å²) in [4.78, 5) is 22.9. The van der Waals surface area contributed by atoms with Crippen LogP contribution >= 0.6 is 22.7 Å². The Balaban J connectivity index is 0.708. The van der Waals surface area contributed by atoms with Crippen molar-refractivity contribution in [1.82, 2.24) is 37.9 Å². The number of hydrogen-bond acceptors (Lipinski definition) is 6. The summed E-state index contributed by atoms with van der Waals surface area (Å²) in [5.41, 5.74) is 19.6. The van der Waals surface area contributed by atoms with Crippen molar-refractivity contribution < 1.29 is 0 Å². The molecule has 0 radical (unpaired) electrons. The summed E-state index contributed by atoms with van der Waals surface area (Å²) < 4.78 is 14.2. The third-order valence-corrected chi connectivity index (χ3v) is 24.7. The molecular weight excluding hydrogens is 1280 g/mol. The predicted molar refractivity (Wildman–Crippen MR) is 430 cm³/mol. The summed E-state index contributed by atoms with van der Waals surface area (Å²) in [6.07, 6.45) is 0. The molecule has 10 heterocycles. The van der Waals surface area contributed by atoms with E-state index >= 15 is 0 Å². The summed E-state index contributed by atoms with van der Waals surface area (Å²) in [6, 6.07) is 107. The zero-order chi connectivity index (χ0) is 65.9. The van der Waals surface area contributed by atoms with Crippen LogP contribution in [0.3, 0.4) is 0 Å². The van der Waals surface area contributed by atoms with E-state index in [0.29, 0.717) is 11.9 Å². The molecule has 0 bridgehead atoms. The van der Waals surface area contributed by atoms with Gasteiger partial charge in [-0.15, -0.1) is 22.7 Å². The van der Waals surface area contributed by atoms with Gasteiger partial charge in [-0.3, -0.25) is 9.13 Å². The van der Waals surface area contributed by atoms with Gasteiger partial charge in [0.1, 0.15) is 0 Å². The van der Waals surface area contributed by atoms with E-state index in [1.54, 1.807) is 22.7 Å². The minimum absolute atomic E-state index is 0.644. The zero-order valence-electron chi connectivity index (χ0n) is 54.1. The molecule has 25 aromatic rings. The standard InChI is InChI=1S/C92H48N8S2/c1-2-18-52-41-58(38-35-49(52)17-1)84-90-86(63-27-11-16-32-78(63)102-90)96-92(94-84)100-71-30-14-8-24-60(71)80-76(100)48-67-65-43-54-20-4-6-22-56(54)46-74(65)98-72-40-39-57(44-68(72)82(80)88(67)98)50-33-36-51(37-34-50)83-89-85(62-26-10-15-31-77(62)101-89)95-91(93-83)99-70-29-13-7-23-59(70)79-75(99)47-66-64-42-53-19-3-5-21-55(53)45-73(64)97-69-28-12-9-25-61(69)81(79)87(66)97/h1-48H. The lowest BCUT2D eigenvalue weighted by Gasteiger charge is -2.11. The molecule has 0 saturated carbocycles. The van der Waals surface area contributed by atoms with Crippen LogP contribution in [-0.2, 0) is 0 Å². The Labute approximate surface area is 585 Å². The Bertz CT molecular complexity index is 8080. The van der Waals surface area contributed by atoms with Gasteiger partial charge < -0.3 is 8.80 Å². The molecule has 0 aliphatic heterocycles. The fourth-order valence-electron chi connectivity index (χ4n) is 18.0. The number of hydrogen-bond donors (Lipinski definition) is 0. The minimum Gasteiger partial charge on any atom is -0.308 e. The average Bonchev–Trinajstić information content (AvgIpc) is 1.52. The maximum absolute atomic E-state index is 5.80. The van der Waals surface area contributed by atoms with Crippen molar-refractivity contribution in [1.29, 1.82) is 0 Å². The molecule has 0 aliphatic carbocycles. The molecule has 468 valence electrons. The lowest BCUT2D eigenvalue weighted by Crippen LogP contribution is -2.02. The van der Waals surface area contributed by atoms with Crippen LogP contribution in [0.25, 0.3) is 238 Å². The monoisotopic (exact) mass is 1330 g/mol. The topological polar surface area (TPSA) is 70.2 Å². The van der Waals surface area contributed by atoms with E-state index in [-0.39, 0.29) is 0 Å². The second-order valence-corrected chi connectivity index (χ2v) is 29.7. The summed E-state index contributed by atoms with van der Waals surface area (Å²) >= 11 is 3.54. The first-order chi connectivity index (χ1) is 50.6. The Morgan fingerprint density at radius 3 is 1.18 bits per heavy atom. The van der Waals surface area contributed by atoms with Crippen LogP contribution < -0.4 is 0 Å². The van der Waals surface area contributed by atoms with E-state index in [2.05, 4.69) is 309 Å². The quantitative estimate of drug-likeness (QED) is 0.172.